The molecule has 1 heterocycles. The van der Waals surface area contributed by atoms with Crippen molar-refractivity contribution in [2.24, 2.45) is 0 Å². The van der Waals surface area contributed by atoms with E-state index >= 15 is 0 Å². The third kappa shape index (κ3) is 4.05. The van der Waals surface area contributed by atoms with Gasteiger partial charge < -0.3 is 9.64 Å². The van der Waals surface area contributed by atoms with Crippen LogP contribution in [0.1, 0.15) is 6.92 Å². The first kappa shape index (κ1) is 18.7. The number of carbonyl (C=O) groups excluding carboxylic acids is 1. The van der Waals surface area contributed by atoms with E-state index in [-0.39, 0.29) is 42.6 Å². The number of hydrogen-bond donors (Lipinski definition) is 0. The number of piperazine rings is 1. The summed E-state index contributed by atoms with van der Waals surface area (Å²) in [5.74, 6) is 0. The average molecular weight is 376 g/mol. The summed E-state index contributed by atoms with van der Waals surface area (Å²) in [6.45, 7) is 2.67. The largest absolute Gasteiger partial charge is 0.450 e. The van der Waals surface area contributed by atoms with Gasteiger partial charge in [0.2, 0.25) is 10.0 Å². The van der Waals surface area contributed by atoms with Gasteiger partial charge in [0.15, 0.2) is 9.84 Å². The van der Waals surface area contributed by atoms with E-state index in [4.69, 9.17) is 4.74 Å². The molecule has 1 amide bonds. The molecule has 0 bridgehead atoms. The first-order chi connectivity index (χ1) is 11.2. The Labute approximate surface area is 142 Å². The van der Waals surface area contributed by atoms with Crippen molar-refractivity contribution in [3.63, 3.8) is 0 Å². The minimum Gasteiger partial charge on any atom is -0.450 e. The van der Waals surface area contributed by atoms with Crippen molar-refractivity contribution in [3.05, 3.63) is 24.3 Å². The molecule has 0 N–H and O–H groups in total. The fourth-order valence-electron chi connectivity index (χ4n) is 2.34. The van der Waals surface area contributed by atoms with Crippen LogP contribution in [-0.4, -0.2) is 71.2 Å². The molecule has 24 heavy (non-hydrogen) atoms. The van der Waals surface area contributed by atoms with Gasteiger partial charge in [-0.15, -0.1) is 0 Å². The van der Waals surface area contributed by atoms with Gasteiger partial charge in [0, 0.05) is 32.4 Å². The number of sulfone groups is 1. The molecule has 0 aliphatic carbocycles. The smallest absolute Gasteiger partial charge is 0.409 e. The summed E-state index contributed by atoms with van der Waals surface area (Å²) < 4.78 is 54.7. The average Bonchev–Trinajstić information content (AvgIpc) is 2.54. The molecule has 8 nitrogen and oxygen atoms in total. The Balaban J connectivity index is 2.17. The first-order valence-electron chi connectivity index (χ1n) is 7.38. The van der Waals surface area contributed by atoms with E-state index in [1.165, 1.54) is 27.4 Å². The van der Waals surface area contributed by atoms with E-state index in [0.717, 1.165) is 12.3 Å². The summed E-state index contributed by atoms with van der Waals surface area (Å²) in [7, 11) is -7.31. The predicted octanol–water partition coefficient (Wildman–Crippen LogP) is 0.553. The van der Waals surface area contributed by atoms with Crippen LogP contribution in [0.25, 0.3) is 0 Å². The standard InChI is InChI=1S/C14H20N2O6S2/c1-3-22-14(17)15-7-9-16(10-8-15)24(20,21)13-6-4-5-12(11-13)23(2,18)19/h4-6,11H,3,7-10H2,1-2H3. The van der Waals surface area contributed by atoms with E-state index in [2.05, 4.69) is 0 Å². The van der Waals surface area contributed by atoms with Crippen molar-refractivity contribution in [1.29, 1.82) is 0 Å². The SMILES string of the molecule is CCOC(=O)N1CCN(S(=O)(=O)c2cccc(S(C)(=O)=O)c2)CC1. The maximum absolute atomic E-state index is 12.7. The van der Waals surface area contributed by atoms with Gasteiger partial charge in [-0.2, -0.15) is 4.31 Å². The second kappa shape index (κ2) is 7.08. The molecule has 0 atom stereocenters. The zero-order chi connectivity index (χ0) is 18.0. The molecule has 0 aromatic heterocycles. The highest BCUT2D eigenvalue weighted by molar-refractivity contribution is 7.91. The second-order valence-corrected chi connectivity index (χ2v) is 9.29. The summed E-state index contributed by atoms with van der Waals surface area (Å²) in [5, 5.41) is 0. The molecule has 1 saturated heterocycles. The van der Waals surface area contributed by atoms with Gasteiger partial charge in [0.05, 0.1) is 16.4 Å². The van der Waals surface area contributed by atoms with Gasteiger partial charge >= 0.3 is 6.09 Å². The van der Waals surface area contributed by atoms with E-state index in [9.17, 15) is 21.6 Å². The van der Waals surface area contributed by atoms with E-state index in [1.54, 1.807) is 6.92 Å². The molecule has 1 aromatic rings. The van der Waals surface area contributed by atoms with Crippen LogP contribution in [0.5, 0.6) is 0 Å². The fourth-order valence-corrected chi connectivity index (χ4v) is 4.55. The Kier molecular flexibility index (Phi) is 5.51. The topological polar surface area (TPSA) is 101 Å². The molecule has 0 saturated carbocycles. The lowest BCUT2D eigenvalue weighted by molar-refractivity contribution is 0.0934. The van der Waals surface area contributed by atoms with E-state index in [1.807, 2.05) is 0 Å². The first-order valence-corrected chi connectivity index (χ1v) is 10.7. The van der Waals surface area contributed by atoms with Gasteiger partial charge in [0.25, 0.3) is 0 Å². The normalized spacial score (nSPS) is 16.8. The fraction of sp³-hybridized carbons (Fsp3) is 0.500. The van der Waals surface area contributed by atoms with Gasteiger partial charge in [-0.25, -0.2) is 21.6 Å². The predicted molar refractivity (Wildman–Crippen MR) is 86.9 cm³/mol. The minimum absolute atomic E-state index is 0.0475. The monoisotopic (exact) mass is 376 g/mol. The molecule has 1 aliphatic heterocycles. The highest BCUT2D eigenvalue weighted by Gasteiger charge is 2.31. The lowest BCUT2D eigenvalue weighted by atomic mass is 10.4. The number of benzene rings is 1. The Hall–Kier alpha value is -1.65. The number of rotatable bonds is 4. The molecule has 2 rings (SSSR count). The van der Waals surface area contributed by atoms with E-state index < -0.39 is 26.0 Å². The van der Waals surface area contributed by atoms with Crippen LogP contribution in [0.4, 0.5) is 4.79 Å². The zero-order valence-corrected chi connectivity index (χ0v) is 15.1. The second-order valence-electron chi connectivity index (χ2n) is 5.34. The highest BCUT2D eigenvalue weighted by atomic mass is 32.2. The van der Waals surface area contributed by atoms with Crippen molar-refractivity contribution in [3.8, 4) is 0 Å². The molecular weight excluding hydrogens is 356 g/mol. The van der Waals surface area contributed by atoms with Crippen LogP contribution in [-0.2, 0) is 24.6 Å². The molecule has 0 spiro atoms. The molecule has 1 fully saturated rings. The van der Waals surface area contributed by atoms with Gasteiger partial charge in [0.1, 0.15) is 0 Å². The zero-order valence-electron chi connectivity index (χ0n) is 13.5. The van der Waals surface area contributed by atoms with Crippen LogP contribution >= 0.6 is 0 Å². The number of carbonyl (C=O) groups is 1. The lowest BCUT2D eigenvalue weighted by Gasteiger charge is -2.33. The molecule has 0 radical (unpaired) electrons. The number of hydrogen-bond acceptors (Lipinski definition) is 6. The van der Waals surface area contributed by atoms with Crippen molar-refractivity contribution in [2.45, 2.75) is 16.7 Å². The summed E-state index contributed by atoms with van der Waals surface area (Å²) in [6, 6.07) is 5.27. The molecule has 10 heteroatoms. The molecular formula is C14H20N2O6S2. The molecule has 0 unspecified atom stereocenters. The third-order valence-corrected chi connectivity index (χ3v) is 6.64. The van der Waals surface area contributed by atoms with E-state index in [0.29, 0.717) is 0 Å². The number of amides is 1. The number of ether oxygens (including phenoxy) is 1. The van der Waals surface area contributed by atoms with Gasteiger partial charge in [-0.05, 0) is 25.1 Å². The number of nitrogens with zero attached hydrogens (tertiary/aromatic N) is 2. The van der Waals surface area contributed by atoms with Crippen LogP contribution in [0.15, 0.2) is 34.1 Å². The quantitative estimate of drug-likeness (QED) is 0.761. The highest BCUT2D eigenvalue weighted by Crippen LogP contribution is 2.21. The van der Waals surface area contributed by atoms with Gasteiger partial charge in [-0.3, -0.25) is 0 Å². The third-order valence-electron chi connectivity index (χ3n) is 3.64. The molecule has 1 aromatic carbocycles. The van der Waals surface area contributed by atoms with Crippen LogP contribution in [0.3, 0.4) is 0 Å². The maximum atomic E-state index is 12.7. The Morgan fingerprint density at radius 1 is 1.08 bits per heavy atom. The van der Waals surface area contributed by atoms with Crippen molar-refractivity contribution < 1.29 is 26.4 Å². The Bertz CT molecular complexity index is 811. The Morgan fingerprint density at radius 2 is 1.67 bits per heavy atom. The summed E-state index contributed by atoms with van der Waals surface area (Å²) in [5.41, 5.74) is 0. The van der Waals surface area contributed by atoms with Crippen LogP contribution in [0.2, 0.25) is 0 Å². The van der Waals surface area contributed by atoms with Gasteiger partial charge in [-0.1, -0.05) is 6.07 Å². The molecule has 134 valence electrons. The van der Waals surface area contributed by atoms with Crippen molar-refractivity contribution >= 4 is 26.0 Å². The summed E-state index contributed by atoms with van der Waals surface area (Å²) >= 11 is 0. The summed E-state index contributed by atoms with van der Waals surface area (Å²) in [4.78, 5) is 13.0. The van der Waals surface area contributed by atoms with Crippen molar-refractivity contribution in [1.82, 2.24) is 9.21 Å². The summed E-state index contributed by atoms with van der Waals surface area (Å²) in [6.07, 6.45) is 0.560. The minimum atomic E-state index is -3.82. The maximum Gasteiger partial charge on any atom is 0.409 e. The Morgan fingerprint density at radius 3 is 2.21 bits per heavy atom. The lowest BCUT2D eigenvalue weighted by Crippen LogP contribution is -2.50. The van der Waals surface area contributed by atoms with Crippen LogP contribution < -0.4 is 0 Å². The number of sulfonamides is 1. The molecule has 1 aliphatic rings. The van der Waals surface area contributed by atoms with Crippen molar-refractivity contribution in [2.75, 3.05) is 39.0 Å². The van der Waals surface area contributed by atoms with Crippen LogP contribution in [0, 0.1) is 0 Å².